The van der Waals surface area contributed by atoms with Crippen LogP contribution in [0.5, 0.6) is 0 Å². The van der Waals surface area contributed by atoms with E-state index in [1.54, 1.807) is 11.0 Å². The summed E-state index contributed by atoms with van der Waals surface area (Å²) in [6, 6.07) is 0.332. The summed E-state index contributed by atoms with van der Waals surface area (Å²) in [5, 5.41) is 9.81. The minimum Gasteiger partial charge on any atom is -0.401 e. The van der Waals surface area contributed by atoms with E-state index >= 15 is 0 Å². The summed E-state index contributed by atoms with van der Waals surface area (Å²) in [5.74, 6) is 0.641. The van der Waals surface area contributed by atoms with Gasteiger partial charge in [-0.05, 0) is 12.8 Å². The van der Waals surface area contributed by atoms with E-state index in [1.807, 2.05) is 0 Å². The molecule has 110 valence electrons. The predicted molar refractivity (Wildman–Crippen MR) is 72.4 cm³/mol. The van der Waals surface area contributed by atoms with Crippen molar-refractivity contribution in [2.24, 2.45) is 5.73 Å². The van der Waals surface area contributed by atoms with Gasteiger partial charge in [0.25, 0.3) is 0 Å². The summed E-state index contributed by atoms with van der Waals surface area (Å²) in [5.41, 5.74) is 7.01. The Hall–Kier alpha value is -1.08. The molecule has 2 aliphatic heterocycles. The van der Waals surface area contributed by atoms with Crippen LogP contribution < -0.4 is 15.2 Å². The second-order valence-electron chi connectivity index (χ2n) is 5.46. The van der Waals surface area contributed by atoms with Crippen LogP contribution in [0.15, 0.2) is 6.33 Å². The number of rotatable bonds is 2. The minimum atomic E-state index is -2.13. The number of aromatic nitrogens is 2. The SMILES string of the molecule is NC1c2ncn3c2N(C(CO)N1C1CCC1)[PH](=O)CO3. The maximum Gasteiger partial charge on any atom is 0.202 e. The third-order valence-electron chi connectivity index (χ3n) is 4.47. The standard InChI is InChI=1S/C11H18N5O3P/c12-10-9-11-14(5-13-9)19-6-20(18)16(11)8(4-17)15(10)7-2-1-3-7/h5,7-8,10,17,20H,1-4,6,12H2. The van der Waals surface area contributed by atoms with Crippen molar-refractivity contribution in [1.29, 1.82) is 0 Å². The molecule has 1 aromatic rings. The van der Waals surface area contributed by atoms with Gasteiger partial charge in [0.15, 0.2) is 12.2 Å². The summed E-state index contributed by atoms with van der Waals surface area (Å²) in [7, 11) is -2.13. The van der Waals surface area contributed by atoms with Gasteiger partial charge in [0.2, 0.25) is 7.95 Å². The summed E-state index contributed by atoms with van der Waals surface area (Å²) in [6.07, 6.45) is 4.25. The maximum absolute atomic E-state index is 12.4. The Kier molecular flexibility index (Phi) is 2.82. The molecular formula is C11H18N5O3P. The smallest absolute Gasteiger partial charge is 0.202 e. The summed E-state index contributed by atoms with van der Waals surface area (Å²) >= 11 is 0. The maximum atomic E-state index is 12.4. The average molecular weight is 299 g/mol. The highest BCUT2D eigenvalue weighted by Crippen LogP contribution is 2.48. The van der Waals surface area contributed by atoms with E-state index in [2.05, 4.69) is 9.88 Å². The minimum absolute atomic E-state index is 0.106. The zero-order chi connectivity index (χ0) is 13.9. The zero-order valence-corrected chi connectivity index (χ0v) is 12.0. The second-order valence-corrected chi connectivity index (χ2v) is 7.01. The first kappa shape index (κ1) is 12.6. The number of hydrogen-bond donors (Lipinski definition) is 2. The Labute approximate surface area is 116 Å². The molecule has 0 saturated heterocycles. The molecule has 3 atom stereocenters. The number of aliphatic hydroxyl groups excluding tert-OH is 1. The fourth-order valence-corrected chi connectivity index (χ4v) is 4.67. The summed E-state index contributed by atoms with van der Waals surface area (Å²) in [4.78, 5) is 11.8. The number of imidazole rings is 1. The molecule has 0 spiro atoms. The Balaban J connectivity index is 1.84. The van der Waals surface area contributed by atoms with Crippen molar-refractivity contribution >= 4 is 13.8 Å². The fourth-order valence-electron chi connectivity index (χ4n) is 3.28. The topological polar surface area (TPSA) is 96.9 Å². The van der Waals surface area contributed by atoms with E-state index in [0.717, 1.165) is 12.8 Å². The molecule has 8 nitrogen and oxygen atoms in total. The van der Waals surface area contributed by atoms with Gasteiger partial charge in [0, 0.05) is 6.04 Å². The first-order valence-corrected chi connectivity index (χ1v) is 8.45. The van der Waals surface area contributed by atoms with E-state index in [0.29, 0.717) is 17.6 Å². The Morgan fingerprint density at radius 2 is 2.35 bits per heavy atom. The largest absolute Gasteiger partial charge is 0.401 e. The van der Waals surface area contributed by atoms with E-state index in [1.165, 1.54) is 11.2 Å². The number of nitrogens with zero attached hydrogens (tertiary/aromatic N) is 4. The first-order chi connectivity index (χ1) is 9.72. The van der Waals surface area contributed by atoms with Crippen LogP contribution in [0.25, 0.3) is 0 Å². The van der Waals surface area contributed by atoms with Gasteiger partial charge in [-0.25, -0.2) is 4.98 Å². The van der Waals surface area contributed by atoms with Crippen molar-refractivity contribution in [3.63, 3.8) is 0 Å². The lowest BCUT2D eigenvalue weighted by Crippen LogP contribution is -2.61. The van der Waals surface area contributed by atoms with Crippen LogP contribution in [0, 0.1) is 0 Å². The molecule has 4 rings (SSSR count). The molecular weight excluding hydrogens is 281 g/mol. The number of nitrogens with two attached hydrogens (primary N) is 1. The molecule has 1 aliphatic carbocycles. The normalized spacial score (nSPS) is 33.5. The van der Waals surface area contributed by atoms with E-state index in [9.17, 15) is 9.67 Å². The van der Waals surface area contributed by atoms with Crippen molar-refractivity contribution in [3.8, 4) is 0 Å². The molecule has 0 amide bonds. The van der Waals surface area contributed by atoms with Gasteiger partial charge < -0.3 is 15.7 Å². The lowest BCUT2D eigenvalue weighted by molar-refractivity contribution is 0.00302. The predicted octanol–water partition coefficient (Wildman–Crippen LogP) is -0.292. The second kappa shape index (κ2) is 4.46. The van der Waals surface area contributed by atoms with Gasteiger partial charge >= 0.3 is 0 Å². The monoisotopic (exact) mass is 299 g/mol. The molecule has 20 heavy (non-hydrogen) atoms. The molecule has 3 N–H and O–H groups in total. The van der Waals surface area contributed by atoms with Crippen LogP contribution in [-0.4, -0.2) is 44.9 Å². The van der Waals surface area contributed by atoms with Gasteiger partial charge in [-0.2, -0.15) is 4.73 Å². The molecule has 3 unspecified atom stereocenters. The van der Waals surface area contributed by atoms with Crippen LogP contribution in [-0.2, 0) is 4.57 Å². The van der Waals surface area contributed by atoms with Gasteiger partial charge in [-0.3, -0.25) is 14.1 Å². The Morgan fingerprint density at radius 1 is 1.55 bits per heavy atom. The van der Waals surface area contributed by atoms with Crippen molar-refractivity contribution in [3.05, 3.63) is 12.0 Å². The Bertz CT molecular complexity index is 560. The molecule has 1 aromatic heterocycles. The molecule has 0 bridgehead atoms. The molecule has 0 radical (unpaired) electrons. The van der Waals surface area contributed by atoms with Gasteiger partial charge in [-0.15, -0.1) is 0 Å². The molecule has 9 heteroatoms. The highest BCUT2D eigenvalue weighted by Gasteiger charge is 2.48. The van der Waals surface area contributed by atoms with Crippen LogP contribution in [0.1, 0.15) is 31.1 Å². The average Bonchev–Trinajstić information content (AvgIpc) is 2.81. The van der Waals surface area contributed by atoms with Crippen molar-refractivity contribution in [2.45, 2.75) is 37.6 Å². The fraction of sp³-hybridized carbons (Fsp3) is 0.727. The van der Waals surface area contributed by atoms with Gasteiger partial charge in [-0.1, -0.05) is 6.42 Å². The van der Waals surface area contributed by atoms with Crippen molar-refractivity contribution < 1.29 is 14.5 Å². The van der Waals surface area contributed by atoms with Crippen molar-refractivity contribution in [1.82, 2.24) is 14.6 Å². The van der Waals surface area contributed by atoms with Crippen LogP contribution in [0.2, 0.25) is 0 Å². The first-order valence-electron chi connectivity index (χ1n) is 6.89. The number of anilines is 1. The van der Waals surface area contributed by atoms with Crippen LogP contribution in [0.3, 0.4) is 0 Å². The highest BCUT2D eigenvalue weighted by molar-refractivity contribution is 7.46. The van der Waals surface area contributed by atoms with E-state index < -0.39 is 7.95 Å². The molecule has 1 fully saturated rings. The quantitative estimate of drug-likeness (QED) is 0.724. The molecule has 1 saturated carbocycles. The number of aliphatic hydroxyl groups is 1. The van der Waals surface area contributed by atoms with Gasteiger partial charge in [0.1, 0.15) is 24.4 Å². The molecule has 3 aliphatic rings. The lowest BCUT2D eigenvalue weighted by atomic mass is 9.90. The Morgan fingerprint density at radius 3 is 3.00 bits per heavy atom. The molecule has 0 aromatic carbocycles. The summed E-state index contributed by atoms with van der Waals surface area (Å²) < 4.78 is 15.7. The van der Waals surface area contributed by atoms with E-state index in [-0.39, 0.29) is 25.3 Å². The summed E-state index contributed by atoms with van der Waals surface area (Å²) in [6.45, 7) is -0.106. The van der Waals surface area contributed by atoms with Crippen LogP contribution in [0.4, 0.5) is 5.82 Å². The highest BCUT2D eigenvalue weighted by atomic mass is 31.1. The third-order valence-corrected chi connectivity index (χ3v) is 5.89. The van der Waals surface area contributed by atoms with Gasteiger partial charge in [0.05, 0.1) is 6.61 Å². The zero-order valence-electron chi connectivity index (χ0n) is 11.0. The lowest BCUT2D eigenvalue weighted by Gasteiger charge is -2.52. The third kappa shape index (κ3) is 1.53. The van der Waals surface area contributed by atoms with E-state index in [4.69, 9.17) is 10.6 Å². The molecule has 3 heterocycles. The van der Waals surface area contributed by atoms with Crippen LogP contribution >= 0.6 is 7.95 Å². The number of hydrogen-bond acceptors (Lipinski definition) is 6. The van der Waals surface area contributed by atoms with Crippen molar-refractivity contribution in [2.75, 3.05) is 17.6 Å².